The molecule has 0 aliphatic carbocycles. The molecule has 2 heterocycles. The van der Waals surface area contributed by atoms with E-state index in [1.165, 1.54) is 16.9 Å². The maximum Gasteiger partial charge on any atom is 0.264 e. The molecular formula is C15H15NO2S. The summed E-state index contributed by atoms with van der Waals surface area (Å²) in [5.41, 5.74) is 3.32. The van der Waals surface area contributed by atoms with E-state index in [0.29, 0.717) is 6.54 Å². The van der Waals surface area contributed by atoms with Crippen molar-refractivity contribution in [2.24, 2.45) is 0 Å². The quantitative estimate of drug-likeness (QED) is 0.867. The third-order valence-electron chi connectivity index (χ3n) is 3.55. The Labute approximate surface area is 116 Å². The van der Waals surface area contributed by atoms with Gasteiger partial charge in [0.1, 0.15) is 5.75 Å². The summed E-state index contributed by atoms with van der Waals surface area (Å²) < 4.78 is 0. The van der Waals surface area contributed by atoms with Crippen LogP contribution in [0.2, 0.25) is 0 Å². The molecule has 1 N–H and O–H groups in total. The summed E-state index contributed by atoms with van der Waals surface area (Å²) in [7, 11) is 0. The second kappa shape index (κ2) is 4.70. The summed E-state index contributed by atoms with van der Waals surface area (Å²) >= 11 is 1.50. The molecule has 4 heteroatoms. The zero-order valence-electron chi connectivity index (χ0n) is 10.7. The van der Waals surface area contributed by atoms with Crippen molar-refractivity contribution < 1.29 is 9.90 Å². The van der Waals surface area contributed by atoms with E-state index >= 15 is 0 Å². The Morgan fingerprint density at radius 2 is 2.16 bits per heavy atom. The number of rotatable bonds is 1. The maximum atomic E-state index is 12.5. The van der Waals surface area contributed by atoms with Gasteiger partial charge in [0, 0.05) is 13.1 Å². The van der Waals surface area contributed by atoms with Gasteiger partial charge in [0.2, 0.25) is 0 Å². The molecular weight excluding hydrogens is 258 g/mol. The van der Waals surface area contributed by atoms with Crippen LogP contribution in [0.3, 0.4) is 0 Å². The van der Waals surface area contributed by atoms with Gasteiger partial charge in [-0.2, -0.15) is 0 Å². The lowest BCUT2D eigenvalue weighted by Gasteiger charge is -2.28. The van der Waals surface area contributed by atoms with Gasteiger partial charge in [0.25, 0.3) is 5.91 Å². The molecule has 19 heavy (non-hydrogen) atoms. The molecule has 98 valence electrons. The lowest BCUT2D eigenvalue weighted by molar-refractivity contribution is 0.0738. The molecule has 0 atom stereocenters. The number of aromatic hydroxyl groups is 1. The molecule has 0 bridgehead atoms. The van der Waals surface area contributed by atoms with E-state index in [1.54, 1.807) is 12.1 Å². The molecule has 1 aromatic heterocycles. The van der Waals surface area contributed by atoms with Crippen LogP contribution >= 0.6 is 11.3 Å². The van der Waals surface area contributed by atoms with Crippen LogP contribution in [-0.2, 0) is 13.0 Å². The minimum Gasteiger partial charge on any atom is -0.508 e. The van der Waals surface area contributed by atoms with E-state index in [0.717, 1.165) is 29.0 Å². The van der Waals surface area contributed by atoms with Crippen molar-refractivity contribution in [1.82, 2.24) is 4.90 Å². The molecule has 1 aromatic carbocycles. The third-order valence-corrected chi connectivity index (χ3v) is 4.55. The van der Waals surface area contributed by atoms with Crippen LogP contribution in [0.5, 0.6) is 5.75 Å². The number of benzene rings is 1. The molecule has 2 aromatic rings. The first kappa shape index (κ1) is 12.2. The smallest absolute Gasteiger partial charge is 0.264 e. The molecule has 0 unspecified atom stereocenters. The SMILES string of the molecule is Cc1ccsc1C(=O)N1CCc2ccc(O)cc2C1. The average Bonchev–Trinajstić information content (AvgIpc) is 2.83. The first-order chi connectivity index (χ1) is 9.15. The number of amides is 1. The summed E-state index contributed by atoms with van der Waals surface area (Å²) in [6.45, 7) is 3.29. The number of aryl methyl sites for hydroxylation is 1. The third kappa shape index (κ3) is 2.24. The van der Waals surface area contributed by atoms with Crippen molar-refractivity contribution in [2.75, 3.05) is 6.54 Å². The van der Waals surface area contributed by atoms with Crippen LogP contribution in [0.4, 0.5) is 0 Å². The van der Waals surface area contributed by atoms with Crippen LogP contribution in [0.25, 0.3) is 0 Å². The second-order valence-electron chi connectivity index (χ2n) is 4.86. The Bertz CT molecular complexity index is 633. The van der Waals surface area contributed by atoms with Crippen molar-refractivity contribution in [3.05, 3.63) is 51.2 Å². The van der Waals surface area contributed by atoms with E-state index < -0.39 is 0 Å². The summed E-state index contributed by atoms with van der Waals surface area (Å²) in [4.78, 5) is 15.1. The fourth-order valence-corrected chi connectivity index (χ4v) is 3.34. The zero-order valence-corrected chi connectivity index (χ0v) is 11.5. The van der Waals surface area contributed by atoms with Gasteiger partial charge < -0.3 is 10.0 Å². The summed E-state index contributed by atoms with van der Waals surface area (Å²) in [5.74, 6) is 0.363. The Morgan fingerprint density at radius 1 is 1.32 bits per heavy atom. The fraction of sp³-hybridized carbons (Fsp3) is 0.267. The predicted molar refractivity (Wildman–Crippen MR) is 75.6 cm³/mol. The van der Waals surface area contributed by atoms with Gasteiger partial charge in [0.15, 0.2) is 0 Å². The standard InChI is InChI=1S/C15H15NO2S/c1-10-5-7-19-14(10)15(18)16-6-4-11-2-3-13(17)8-12(11)9-16/h2-3,5,7-8,17H,4,6,9H2,1H3. The number of carbonyl (C=O) groups excluding carboxylic acids is 1. The topological polar surface area (TPSA) is 40.5 Å². The van der Waals surface area contributed by atoms with Gasteiger partial charge in [-0.3, -0.25) is 4.79 Å². The number of carbonyl (C=O) groups is 1. The first-order valence-electron chi connectivity index (χ1n) is 6.29. The van der Waals surface area contributed by atoms with Gasteiger partial charge >= 0.3 is 0 Å². The number of phenols is 1. The highest BCUT2D eigenvalue weighted by molar-refractivity contribution is 7.12. The number of hydrogen-bond acceptors (Lipinski definition) is 3. The van der Waals surface area contributed by atoms with Crippen molar-refractivity contribution in [3.8, 4) is 5.75 Å². The Kier molecular flexibility index (Phi) is 3.03. The highest BCUT2D eigenvalue weighted by Gasteiger charge is 2.23. The molecule has 0 fully saturated rings. The second-order valence-corrected chi connectivity index (χ2v) is 5.78. The van der Waals surface area contributed by atoms with E-state index in [9.17, 15) is 9.90 Å². The zero-order chi connectivity index (χ0) is 13.4. The monoisotopic (exact) mass is 273 g/mol. The minimum absolute atomic E-state index is 0.0986. The average molecular weight is 273 g/mol. The van der Waals surface area contributed by atoms with Gasteiger partial charge in [-0.05, 0) is 53.6 Å². The molecule has 1 amide bonds. The number of phenolic OH excluding ortho intramolecular Hbond substituents is 1. The number of fused-ring (bicyclic) bond motifs is 1. The predicted octanol–water partition coefficient (Wildman–Crippen LogP) is 2.96. The van der Waals surface area contributed by atoms with Gasteiger partial charge in [0.05, 0.1) is 4.88 Å². The molecule has 0 radical (unpaired) electrons. The molecule has 3 rings (SSSR count). The van der Waals surface area contributed by atoms with Crippen LogP contribution in [0.1, 0.15) is 26.4 Å². The Hall–Kier alpha value is -1.81. The van der Waals surface area contributed by atoms with Crippen molar-refractivity contribution in [3.63, 3.8) is 0 Å². The molecule has 0 saturated carbocycles. The maximum absolute atomic E-state index is 12.5. The summed E-state index contributed by atoms with van der Waals surface area (Å²) in [6, 6.07) is 7.39. The van der Waals surface area contributed by atoms with E-state index in [-0.39, 0.29) is 11.7 Å². The summed E-state index contributed by atoms with van der Waals surface area (Å²) in [6.07, 6.45) is 0.853. The summed E-state index contributed by atoms with van der Waals surface area (Å²) in [5, 5.41) is 11.5. The molecule has 1 aliphatic heterocycles. The molecule has 0 saturated heterocycles. The highest BCUT2D eigenvalue weighted by Crippen LogP contribution is 2.26. The van der Waals surface area contributed by atoms with Crippen LogP contribution in [0.15, 0.2) is 29.6 Å². The van der Waals surface area contributed by atoms with Gasteiger partial charge in [-0.25, -0.2) is 0 Å². The van der Waals surface area contributed by atoms with Crippen molar-refractivity contribution >= 4 is 17.2 Å². The highest BCUT2D eigenvalue weighted by atomic mass is 32.1. The minimum atomic E-state index is 0.0986. The van der Waals surface area contributed by atoms with Crippen molar-refractivity contribution in [2.45, 2.75) is 19.9 Å². The van der Waals surface area contributed by atoms with Crippen LogP contribution in [-0.4, -0.2) is 22.5 Å². The number of nitrogens with zero attached hydrogens (tertiary/aromatic N) is 1. The largest absolute Gasteiger partial charge is 0.508 e. The number of thiophene rings is 1. The van der Waals surface area contributed by atoms with Crippen LogP contribution in [0, 0.1) is 6.92 Å². The fourth-order valence-electron chi connectivity index (χ4n) is 2.45. The molecule has 3 nitrogen and oxygen atoms in total. The van der Waals surface area contributed by atoms with Crippen molar-refractivity contribution in [1.29, 1.82) is 0 Å². The normalized spacial score (nSPS) is 14.3. The Balaban J connectivity index is 1.86. The Morgan fingerprint density at radius 3 is 2.89 bits per heavy atom. The van der Waals surface area contributed by atoms with E-state index in [4.69, 9.17) is 0 Å². The lowest BCUT2D eigenvalue weighted by Crippen LogP contribution is -2.35. The molecule has 0 spiro atoms. The lowest BCUT2D eigenvalue weighted by atomic mass is 9.99. The van der Waals surface area contributed by atoms with Crippen LogP contribution < -0.4 is 0 Å². The van der Waals surface area contributed by atoms with Gasteiger partial charge in [-0.15, -0.1) is 11.3 Å². The molecule has 1 aliphatic rings. The first-order valence-corrected chi connectivity index (χ1v) is 7.17. The van der Waals surface area contributed by atoms with E-state index in [1.807, 2.05) is 29.3 Å². The van der Waals surface area contributed by atoms with Gasteiger partial charge in [-0.1, -0.05) is 6.07 Å². The number of hydrogen-bond donors (Lipinski definition) is 1. The van der Waals surface area contributed by atoms with E-state index in [2.05, 4.69) is 0 Å².